The Labute approximate surface area is 147 Å². The number of sulfonamides is 1. The fourth-order valence-electron chi connectivity index (χ4n) is 2.57. The van der Waals surface area contributed by atoms with E-state index in [-0.39, 0.29) is 17.9 Å². The summed E-state index contributed by atoms with van der Waals surface area (Å²) in [7, 11) is -3.71. The van der Waals surface area contributed by atoms with Crippen molar-refractivity contribution in [1.82, 2.24) is 14.9 Å². The van der Waals surface area contributed by atoms with E-state index in [0.29, 0.717) is 6.41 Å². The summed E-state index contributed by atoms with van der Waals surface area (Å²) in [6.45, 7) is 5.31. The predicted octanol–water partition coefficient (Wildman–Crippen LogP) is 1.05. The zero-order chi connectivity index (χ0) is 18.7. The minimum Gasteiger partial charge on any atom is -0.444 e. The molecule has 1 fully saturated rings. The SMILES string of the molecule is CC(C)(C)OC(=O)N1C[C@H](NS(=O)(=O)c2ccccc2)C[C@H]1NC=O. The number of ether oxygens (including phenoxy) is 1. The number of hydrogen-bond acceptors (Lipinski definition) is 5. The highest BCUT2D eigenvalue weighted by Gasteiger charge is 2.39. The lowest BCUT2D eigenvalue weighted by atomic mass is 10.2. The molecule has 0 spiro atoms. The summed E-state index contributed by atoms with van der Waals surface area (Å²) >= 11 is 0. The standard InChI is InChI=1S/C16H23N3O5S/c1-16(2,3)24-15(21)19-10-12(9-14(19)17-11-20)18-25(22,23)13-7-5-4-6-8-13/h4-8,11-12,14,18H,9-10H2,1-3H3,(H,17,20)/t12-,14+/m1/s1. The van der Waals surface area contributed by atoms with Crippen LogP contribution in [-0.4, -0.2) is 50.2 Å². The Balaban J connectivity index is 2.11. The molecule has 0 bridgehead atoms. The van der Waals surface area contributed by atoms with E-state index < -0.39 is 33.9 Å². The van der Waals surface area contributed by atoms with Crippen molar-refractivity contribution < 1.29 is 22.7 Å². The van der Waals surface area contributed by atoms with Crippen molar-refractivity contribution in [3.8, 4) is 0 Å². The molecule has 1 heterocycles. The third-order valence-electron chi connectivity index (χ3n) is 3.56. The van der Waals surface area contributed by atoms with E-state index in [1.54, 1.807) is 39.0 Å². The Morgan fingerprint density at radius 2 is 1.92 bits per heavy atom. The van der Waals surface area contributed by atoms with Gasteiger partial charge in [-0.25, -0.2) is 17.9 Å². The lowest BCUT2D eigenvalue weighted by Gasteiger charge is -2.28. The van der Waals surface area contributed by atoms with Gasteiger partial charge in [-0.15, -0.1) is 0 Å². The fourth-order valence-corrected chi connectivity index (χ4v) is 3.83. The number of hydrogen-bond donors (Lipinski definition) is 2. The van der Waals surface area contributed by atoms with Crippen LogP contribution in [0.4, 0.5) is 4.79 Å². The Morgan fingerprint density at radius 3 is 2.48 bits per heavy atom. The van der Waals surface area contributed by atoms with Gasteiger partial charge in [-0.1, -0.05) is 18.2 Å². The Kier molecular flexibility index (Phi) is 5.69. The van der Waals surface area contributed by atoms with E-state index >= 15 is 0 Å². The number of nitrogens with one attached hydrogen (secondary N) is 2. The van der Waals surface area contributed by atoms with Gasteiger partial charge in [0.25, 0.3) is 0 Å². The van der Waals surface area contributed by atoms with E-state index in [1.807, 2.05) is 0 Å². The van der Waals surface area contributed by atoms with Crippen molar-refractivity contribution in [3.63, 3.8) is 0 Å². The molecule has 1 aliphatic rings. The number of amides is 2. The topological polar surface area (TPSA) is 105 Å². The van der Waals surface area contributed by atoms with Crippen LogP contribution in [0.3, 0.4) is 0 Å². The van der Waals surface area contributed by atoms with Crippen LogP contribution < -0.4 is 10.0 Å². The van der Waals surface area contributed by atoms with Gasteiger partial charge in [0, 0.05) is 19.0 Å². The van der Waals surface area contributed by atoms with Crippen LogP contribution in [0.2, 0.25) is 0 Å². The summed E-state index contributed by atoms with van der Waals surface area (Å²) in [5.41, 5.74) is -0.690. The lowest BCUT2D eigenvalue weighted by molar-refractivity contribution is -0.110. The molecule has 1 aromatic carbocycles. The molecular formula is C16H23N3O5S. The number of nitrogens with zero attached hydrogens (tertiary/aromatic N) is 1. The second kappa shape index (κ2) is 7.40. The van der Waals surface area contributed by atoms with Crippen LogP contribution in [-0.2, 0) is 19.6 Å². The zero-order valence-electron chi connectivity index (χ0n) is 14.4. The third-order valence-corrected chi connectivity index (χ3v) is 5.10. The largest absolute Gasteiger partial charge is 0.444 e. The molecule has 0 saturated carbocycles. The maximum absolute atomic E-state index is 12.4. The van der Waals surface area contributed by atoms with Gasteiger partial charge in [0.2, 0.25) is 16.4 Å². The van der Waals surface area contributed by atoms with Gasteiger partial charge < -0.3 is 10.1 Å². The first-order valence-corrected chi connectivity index (χ1v) is 9.37. The summed E-state index contributed by atoms with van der Waals surface area (Å²) in [6.07, 6.45) is -0.496. The minimum atomic E-state index is -3.71. The molecule has 2 N–H and O–H groups in total. The lowest BCUT2D eigenvalue weighted by Crippen LogP contribution is -2.46. The average molecular weight is 369 g/mol. The van der Waals surface area contributed by atoms with Crippen LogP contribution in [0.25, 0.3) is 0 Å². The summed E-state index contributed by atoms with van der Waals surface area (Å²) < 4.78 is 32.7. The molecule has 2 amide bonds. The minimum absolute atomic E-state index is 0.104. The monoisotopic (exact) mass is 369 g/mol. The second-order valence-electron chi connectivity index (χ2n) is 6.80. The highest BCUT2D eigenvalue weighted by atomic mass is 32.2. The third kappa shape index (κ3) is 5.17. The zero-order valence-corrected chi connectivity index (χ0v) is 15.2. The van der Waals surface area contributed by atoms with E-state index in [2.05, 4.69) is 10.0 Å². The van der Waals surface area contributed by atoms with Crippen LogP contribution in [0.5, 0.6) is 0 Å². The molecule has 2 rings (SSSR count). The molecule has 25 heavy (non-hydrogen) atoms. The number of carbonyl (C=O) groups is 2. The number of rotatable bonds is 5. The van der Waals surface area contributed by atoms with Crippen LogP contribution in [0.1, 0.15) is 27.2 Å². The summed E-state index contributed by atoms with van der Waals surface area (Å²) in [5, 5.41) is 2.53. The highest BCUT2D eigenvalue weighted by Crippen LogP contribution is 2.21. The van der Waals surface area contributed by atoms with Crippen molar-refractivity contribution in [2.24, 2.45) is 0 Å². The van der Waals surface area contributed by atoms with Crippen molar-refractivity contribution in [2.75, 3.05) is 6.54 Å². The molecule has 8 nitrogen and oxygen atoms in total. The van der Waals surface area contributed by atoms with Crippen molar-refractivity contribution in [3.05, 3.63) is 30.3 Å². The van der Waals surface area contributed by atoms with E-state index in [0.717, 1.165) is 0 Å². The number of likely N-dealkylation sites (tertiary alicyclic amines) is 1. The van der Waals surface area contributed by atoms with Crippen molar-refractivity contribution in [2.45, 2.75) is 49.9 Å². The highest BCUT2D eigenvalue weighted by molar-refractivity contribution is 7.89. The molecule has 0 aliphatic carbocycles. The van der Waals surface area contributed by atoms with Gasteiger partial charge >= 0.3 is 6.09 Å². The molecule has 1 saturated heterocycles. The van der Waals surface area contributed by atoms with Gasteiger partial charge in [-0.3, -0.25) is 9.69 Å². The van der Waals surface area contributed by atoms with Crippen LogP contribution in [0.15, 0.2) is 35.2 Å². The van der Waals surface area contributed by atoms with Gasteiger partial charge in [0.05, 0.1) is 4.90 Å². The second-order valence-corrected chi connectivity index (χ2v) is 8.51. The Bertz CT molecular complexity index is 715. The smallest absolute Gasteiger partial charge is 0.411 e. The quantitative estimate of drug-likeness (QED) is 0.755. The van der Waals surface area contributed by atoms with Gasteiger partial charge in [0.15, 0.2) is 0 Å². The molecule has 0 unspecified atom stereocenters. The maximum Gasteiger partial charge on any atom is 0.411 e. The first-order chi connectivity index (χ1) is 11.6. The maximum atomic E-state index is 12.4. The molecule has 9 heteroatoms. The first kappa shape index (κ1) is 19.2. The number of benzene rings is 1. The molecule has 1 aliphatic heterocycles. The van der Waals surface area contributed by atoms with E-state index in [9.17, 15) is 18.0 Å². The summed E-state index contributed by atoms with van der Waals surface area (Å²) in [4.78, 5) is 24.6. The number of carbonyl (C=O) groups excluding carboxylic acids is 2. The Morgan fingerprint density at radius 1 is 1.28 bits per heavy atom. The molecule has 1 aromatic rings. The first-order valence-electron chi connectivity index (χ1n) is 7.89. The Hall–Kier alpha value is -2.13. The van der Waals surface area contributed by atoms with Crippen LogP contribution >= 0.6 is 0 Å². The molecule has 0 aromatic heterocycles. The van der Waals surface area contributed by atoms with E-state index in [1.165, 1.54) is 17.0 Å². The fraction of sp³-hybridized carbons (Fsp3) is 0.500. The normalized spacial score (nSPS) is 21.0. The molecule has 138 valence electrons. The molecular weight excluding hydrogens is 346 g/mol. The summed E-state index contributed by atoms with van der Waals surface area (Å²) in [5.74, 6) is 0. The van der Waals surface area contributed by atoms with Gasteiger partial charge in [-0.05, 0) is 32.9 Å². The van der Waals surface area contributed by atoms with Gasteiger partial charge in [0.1, 0.15) is 11.8 Å². The van der Waals surface area contributed by atoms with Gasteiger partial charge in [-0.2, -0.15) is 0 Å². The molecule has 2 atom stereocenters. The predicted molar refractivity (Wildman–Crippen MR) is 91.1 cm³/mol. The average Bonchev–Trinajstić information content (AvgIpc) is 2.89. The van der Waals surface area contributed by atoms with Crippen molar-refractivity contribution in [1.29, 1.82) is 0 Å². The molecule has 0 radical (unpaired) electrons. The van der Waals surface area contributed by atoms with E-state index in [4.69, 9.17) is 4.74 Å². The van der Waals surface area contributed by atoms with Crippen LogP contribution in [0, 0.1) is 0 Å². The van der Waals surface area contributed by atoms with Crippen molar-refractivity contribution >= 4 is 22.5 Å². The summed E-state index contributed by atoms with van der Waals surface area (Å²) in [6, 6.07) is 7.44.